The summed E-state index contributed by atoms with van der Waals surface area (Å²) in [6, 6.07) is 16.0. The van der Waals surface area contributed by atoms with Gasteiger partial charge in [0.25, 0.3) is 0 Å². The largest absolute Gasteiger partial charge is 0.355 e. The fraction of sp³-hybridized carbons (Fsp3) is 0.100. The van der Waals surface area contributed by atoms with Crippen molar-refractivity contribution in [1.82, 2.24) is 19.9 Å². The Kier molecular flexibility index (Phi) is 4.04. The predicted molar refractivity (Wildman–Crippen MR) is 99.1 cm³/mol. The lowest BCUT2D eigenvalue weighted by atomic mass is 10.2. The SMILES string of the molecule is CN(Cc1ccncc1)c1nc(-c2ccncc2)nc2ccccc12. The summed E-state index contributed by atoms with van der Waals surface area (Å²) < 4.78 is 0. The third-order valence-electron chi connectivity index (χ3n) is 4.05. The highest BCUT2D eigenvalue weighted by Gasteiger charge is 2.13. The van der Waals surface area contributed by atoms with E-state index in [1.165, 1.54) is 5.56 Å². The Morgan fingerprint density at radius 3 is 2.24 bits per heavy atom. The number of aromatic nitrogens is 4. The summed E-state index contributed by atoms with van der Waals surface area (Å²) in [4.78, 5) is 19.9. The van der Waals surface area contributed by atoms with Gasteiger partial charge in [-0.15, -0.1) is 0 Å². The molecule has 3 aromatic heterocycles. The zero-order valence-corrected chi connectivity index (χ0v) is 13.9. The Bertz CT molecular complexity index is 987. The molecular weight excluding hydrogens is 310 g/mol. The molecule has 0 saturated heterocycles. The molecule has 0 spiro atoms. The monoisotopic (exact) mass is 327 g/mol. The van der Waals surface area contributed by atoms with Crippen LogP contribution in [0.25, 0.3) is 22.3 Å². The number of hydrogen-bond acceptors (Lipinski definition) is 5. The average molecular weight is 327 g/mol. The van der Waals surface area contributed by atoms with Gasteiger partial charge in [0.05, 0.1) is 5.52 Å². The van der Waals surface area contributed by atoms with E-state index in [-0.39, 0.29) is 0 Å². The zero-order valence-electron chi connectivity index (χ0n) is 13.9. The van der Waals surface area contributed by atoms with Crippen molar-refractivity contribution in [2.45, 2.75) is 6.54 Å². The van der Waals surface area contributed by atoms with Gasteiger partial charge in [-0.1, -0.05) is 12.1 Å². The molecule has 0 radical (unpaired) electrons. The predicted octanol–water partition coefficient (Wildman–Crippen LogP) is 3.72. The molecule has 0 fully saturated rings. The highest BCUT2D eigenvalue weighted by Crippen LogP contribution is 2.27. The molecule has 0 saturated carbocycles. The number of hydrogen-bond donors (Lipinski definition) is 0. The molecule has 122 valence electrons. The molecule has 0 aliphatic rings. The molecule has 5 nitrogen and oxygen atoms in total. The zero-order chi connectivity index (χ0) is 17.1. The normalized spacial score (nSPS) is 10.8. The highest BCUT2D eigenvalue weighted by atomic mass is 15.2. The summed E-state index contributed by atoms with van der Waals surface area (Å²) in [6.07, 6.45) is 7.13. The van der Waals surface area contributed by atoms with E-state index in [0.29, 0.717) is 5.82 Å². The van der Waals surface area contributed by atoms with Gasteiger partial charge in [-0.25, -0.2) is 9.97 Å². The molecule has 0 bridgehead atoms. The van der Waals surface area contributed by atoms with E-state index in [1.807, 2.05) is 61.9 Å². The standard InChI is InChI=1S/C20H17N5/c1-25(14-15-6-10-21-11-7-15)20-17-4-2-3-5-18(17)23-19(24-20)16-8-12-22-13-9-16/h2-13H,14H2,1H3. The summed E-state index contributed by atoms with van der Waals surface area (Å²) >= 11 is 0. The van der Waals surface area contributed by atoms with Gasteiger partial charge < -0.3 is 4.90 Å². The van der Waals surface area contributed by atoms with Gasteiger partial charge in [0.15, 0.2) is 5.82 Å². The molecule has 4 rings (SSSR count). The summed E-state index contributed by atoms with van der Waals surface area (Å²) in [7, 11) is 2.05. The van der Waals surface area contributed by atoms with Gasteiger partial charge in [-0.3, -0.25) is 9.97 Å². The van der Waals surface area contributed by atoms with E-state index in [1.54, 1.807) is 12.4 Å². The maximum Gasteiger partial charge on any atom is 0.162 e. The molecule has 0 unspecified atom stereocenters. The highest BCUT2D eigenvalue weighted by molar-refractivity contribution is 5.90. The Morgan fingerprint density at radius 2 is 1.48 bits per heavy atom. The number of fused-ring (bicyclic) bond motifs is 1. The van der Waals surface area contributed by atoms with Crippen LogP contribution in [0.2, 0.25) is 0 Å². The molecule has 3 heterocycles. The van der Waals surface area contributed by atoms with Crippen LogP contribution in [0.4, 0.5) is 5.82 Å². The second-order valence-electron chi connectivity index (χ2n) is 5.84. The summed E-state index contributed by atoms with van der Waals surface area (Å²) in [6.45, 7) is 0.749. The summed E-state index contributed by atoms with van der Waals surface area (Å²) in [5.41, 5.74) is 3.07. The number of rotatable bonds is 4. The number of para-hydroxylation sites is 1. The first-order chi connectivity index (χ1) is 12.3. The molecule has 25 heavy (non-hydrogen) atoms. The van der Waals surface area contributed by atoms with Crippen molar-refractivity contribution in [1.29, 1.82) is 0 Å². The maximum atomic E-state index is 4.84. The Morgan fingerprint density at radius 1 is 0.800 bits per heavy atom. The number of pyridine rings is 2. The minimum absolute atomic E-state index is 0.706. The fourth-order valence-electron chi connectivity index (χ4n) is 2.82. The number of benzene rings is 1. The van der Waals surface area contributed by atoms with Crippen LogP contribution in [-0.4, -0.2) is 27.0 Å². The topological polar surface area (TPSA) is 54.8 Å². The Hall–Kier alpha value is -3.34. The molecule has 1 aromatic carbocycles. The van der Waals surface area contributed by atoms with E-state index < -0.39 is 0 Å². The van der Waals surface area contributed by atoms with Crippen molar-refractivity contribution in [2.24, 2.45) is 0 Å². The molecule has 4 aromatic rings. The van der Waals surface area contributed by atoms with Crippen LogP contribution in [0.3, 0.4) is 0 Å². The van der Waals surface area contributed by atoms with Crippen LogP contribution in [0.1, 0.15) is 5.56 Å². The van der Waals surface area contributed by atoms with Crippen LogP contribution in [0.15, 0.2) is 73.3 Å². The van der Waals surface area contributed by atoms with Crippen molar-refractivity contribution >= 4 is 16.7 Å². The van der Waals surface area contributed by atoms with Gasteiger partial charge in [0.2, 0.25) is 0 Å². The first-order valence-corrected chi connectivity index (χ1v) is 8.08. The smallest absolute Gasteiger partial charge is 0.162 e. The Labute approximate surface area is 146 Å². The molecule has 0 amide bonds. The molecule has 0 atom stereocenters. The molecule has 0 aliphatic heterocycles. The average Bonchev–Trinajstić information content (AvgIpc) is 2.68. The molecule has 0 aliphatic carbocycles. The lowest BCUT2D eigenvalue weighted by molar-refractivity contribution is 0.899. The minimum Gasteiger partial charge on any atom is -0.355 e. The summed E-state index contributed by atoms with van der Waals surface area (Å²) in [5.74, 6) is 1.62. The van der Waals surface area contributed by atoms with Crippen molar-refractivity contribution in [3.05, 3.63) is 78.9 Å². The lowest BCUT2D eigenvalue weighted by Crippen LogP contribution is -2.18. The van der Waals surface area contributed by atoms with Crippen LogP contribution in [0.5, 0.6) is 0 Å². The van der Waals surface area contributed by atoms with E-state index in [9.17, 15) is 0 Å². The van der Waals surface area contributed by atoms with Gasteiger partial charge >= 0.3 is 0 Å². The van der Waals surface area contributed by atoms with E-state index in [0.717, 1.165) is 28.8 Å². The van der Waals surface area contributed by atoms with Gasteiger partial charge in [0, 0.05) is 49.3 Å². The second-order valence-corrected chi connectivity index (χ2v) is 5.84. The van der Waals surface area contributed by atoms with Crippen molar-refractivity contribution in [3.63, 3.8) is 0 Å². The lowest BCUT2D eigenvalue weighted by Gasteiger charge is -2.20. The fourth-order valence-corrected chi connectivity index (χ4v) is 2.82. The van der Waals surface area contributed by atoms with Gasteiger partial charge in [-0.2, -0.15) is 0 Å². The quantitative estimate of drug-likeness (QED) is 0.572. The van der Waals surface area contributed by atoms with Crippen LogP contribution < -0.4 is 4.90 Å². The van der Waals surface area contributed by atoms with E-state index in [4.69, 9.17) is 9.97 Å². The molecule has 5 heteroatoms. The van der Waals surface area contributed by atoms with Gasteiger partial charge in [-0.05, 0) is 42.0 Å². The Balaban J connectivity index is 1.81. The third-order valence-corrected chi connectivity index (χ3v) is 4.05. The van der Waals surface area contributed by atoms with E-state index in [2.05, 4.69) is 20.9 Å². The second kappa shape index (κ2) is 6.65. The third kappa shape index (κ3) is 3.17. The van der Waals surface area contributed by atoms with Crippen LogP contribution >= 0.6 is 0 Å². The van der Waals surface area contributed by atoms with Crippen molar-refractivity contribution in [3.8, 4) is 11.4 Å². The van der Waals surface area contributed by atoms with Crippen LogP contribution in [0, 0.1) is 0 Å². The maximum absolute atomic E-state index is 4.84. The minimum atomic E-state index is 0.706. The first-order valence-electron chi connectivity index (χ1n) is 8.08. The number of nitrogens with zero attached hydrogens (tertiary/aromatic N) is 5. The van der Waals surface area contributed by atoms with Crippen molar-refractivity contribution in [2.75, 3.05) is 11.9 Å². The number of anilines is 1. The van der Waals surface area contributed by atoms with Gasteiger partial charge in [0.1, 0.15) is 5.82 Å². The van der Waals surface area contributed by atoms with Crippen LogP contribution in [-0.2, 0) is 6.54 Å². The molecular formula is C20H17N5. The first kappa shape index (κ1) is 15.2. The van der Waals surface area contributed by atoms with E-state index >= 15 is 0 Å². The molecule has 0 N–H and O–H groups in total. The summed E-state index contributed by atoms with van der Waals surface area (Å²) in [5, 5.41) is 1.04. The van der Waals surface area contributed by atoms with Crippen molar-refractivity contribution < 1.29 is 0 Å².